The highest BCUT2D eigenvalue weighted by Gasteiger charge is 2.45. The van der Waals surface area contributed by atoms with Crippen molar-refractivity contribution < 1.29 is 13.2 Å². The number of pyridine rings is 1. The van der Waals surface area contributed by atoms with E-state index in [1.807, 2.05) is 12.1 Å². The number of carbonyl (C=O) groups is 1. The highest BCUT2D eigenvalue weighted by molar-refractivity contribution is 7.88. The largest absolute Gasteiger partial charge is 0.353 e. The van der Waals surface area contributed by atoms with E-state index in [4.69, 9.17) is 0 Å². The standard InChI is InChI=1S/C15H21N3O3S/c1-22(20,21)18-13-4-5-14(18)9-12(8-13)17-15(19)7-11-3-2-6-16-10-11/h2-3,6,10,12-14H,4-5,7-9H2,1H3,(H,17,19). The lowest BCUT2D eigenvalue weighted by molar-refractivity contribution is -0.121. The zero-order valence-electron chi connectivity index (χ0n) is 12.6. The van der Waals surface area contributed by atoms with E-state index in [-0.39, 0.29) is 24.0 Å². The summed E-state index contributed by atoms with van der Waals surface area (Å²) < 4.78 is 25.3. The summed E-state index contributed by atoms with van der Waals surface area (Å²) in [6, 6.07) is 3.84. The molecule has 0 aliphatic carbocycles. The molecule has 1 aromatic heterocycles. The number of nitrogens with one attached hydrogen (secondary N) is 1. The summed E-state index contributed by atoms with van der Waals surface area (Å²) in [5.74, 6) is -0.0230. The Morgan fingerprint density at radius 1 is 1.36 bits per heavy atom. The maximum Gasteiger partial charge on any atom is 0.224 e. The van der Waals surface area contributed by atoms with Crippen LogP contribution in [0.5, 0.6) is 0 Å². The summed E-state index contributed by atoms with van der Waals surface area (Å²) in [4.78, 5) is 16.1. The molecule has 1 N–H and O–H groups in total. The van der Waals surface area contributed by atoms with E-state index in [0.29, 0.717) is 19.3 Å². The molecule has 6 nitrogen and oxygen atoms in total. The molecule has 22 heavy (non-hydrogen) atoms. The van der Waals surface area contributed by atoms with Crippen LogP contribution in [0.15, 0.2) is 24.5 Å². The number of aromatic nitrogens is 1. The molecule has 7 heteroatoms. The van der Waals surface area contributed by atoms with Gasteiger partial charge in [0.1, 0.15) is 0 Å². The van der Waals surface area contributed by atoms with Crippen molar-refractivity contribution in [1.29, 1.82) is 0 Å². The SMILES string of the molecule is CS(=O)(=O)N1C2CCC1CC(NC(=O)Cc1cccnc1)C2. The molecule has 2 aliphatic heterocycles. The summed E-state index contributed by atoms with van der Waals surface area (Å²) in [6.07, 6.45) is 8.18. The first-order chi connectivity index (χ1) is 10.4. The zero-order valence-corrected chi connectivity index (χ0v) is 13.4. The minimum Gasteiger partial charge on any atom is -0.353 e. The topological polar surface area (TPSA) is 79.4 Å². The van der Waals surface area contributed by atoms with Gasteiger partial charge in [-0.2, -0.15) is 4.31 Å². The minimum absolute atomic E-state index is 0.0230. The highest BCUT2D eigenvalue weighted by Crippen LogP contribution is 2.37. The van der Waals surface area contributed by atoms with E-state index in [2.05, 4.69) is 10.3 Å². The fourth-order valence-corrected chi connectivity index (χ4v) is 5.23. The maximum absolute atomic E-state index is 12.1. The van der Waals surface area contributed by atoms with Crippen molar-refractivity contribution in [1.82, 2.24) is 14.6 Å². The highest BCUT2D eigenvalue weighted by atomic mass is 32.2. The fourth-order valence-electron chi connectivity index (χ4n) is 3.76. The lowest BCUT2D eigenvalue weighted by Gasteiger charge is -2.37. The van der Waals surface area contributed by atoms with Crippen molar-refractivity contribution in [3.63, 3.8) is 0 Å². The molecule has 2 bridgehead atoms. The van der Waals surface area contributed by atoms with Gasteiger partial charge in [0.25, 0.3) is 0 Å². The van der Waals surface area contributed by atoms with Crippen LogP contribution in [0.4, 0.5) is 0 Å². The third-order valence-corrected chi connectivity index (χ3v) is 5.86. The summed E-state index contributed by atoms with van der Waals surface area (Å²) in [5.41, 5.74) is 0.886. The molecule has 0 saturated carbocycles. The van der Waals surface area contributed by atoms with Gasteiger partial charge < -0.3 is 5.32 Å². The van der Waals surface area contributed by atoms with Gasteiger partial charge in [-0.15, -0.1) is 0 Å². The molecule has 0 radical (unpaired) electrons. The van der Waals surface area contributed by atoms with Crippen LogP contribution in [-0.2, 0) is 21.2 Å². The molecule has 2 unspecified atom stereocenters. The Bertz CT molecular complexity index is 633. The monoisotopic (exact) mass is 323 g/mol. The normalized spacial score (nSPS) is 28.5. The molecule has 0 spiro atoms. The second kappa shape index (κ2) is 5.96. The van der Waals surface area contributed by atoms with E-state index in [1.54, 1.807) is 16.7 Å². The van der Waals surface area contributed by atoms with Crippen LogP contribution in [0.2, 0.25) is 0 Å². The second-order valence-corrected chi connectivity index (χ2v) is 8.14. The minimum atomic E-state index is -3.15. The summed E-state index contributed by atoms with van der Waals surface area (Å²) in [5, 5.41) is 3.05. The third-order valence-electron chi connectivity index (χ3n) is 4.50. The number of rotatable bonds is 4. The summed E-state index contributed by atoms with van der Waals surface area (Å²) in [6.45, 7) is 0. The third kappa shape index (κ3) is 3.30. The maximum atomic E-state index is 12.1. The van der Waals surface area contributed by atoms with Crippen molar-refractivity contribution in [2.75, 3.05) is 6.26 Å². The molecular formula is C15H21N3O3S. The molecule has 2 fully saturated rings. The van der Waals surface area contributed by atoms with Crippen LogP contribution in [0.3, 0.4) is 0 Å². The van der Waals surface area contributed by atoms with Crippen LogP contribution in [0.1, 0.15) is 31.2 Å². The van der Waals surface area contributed by atoms with Crippen LogP contribution < -0.4 is 5.32 Å². The zero-order chi connectivity index (χ0) is 15.7. The Balaban J connectivity index is 1.59. The first-order valence-electron chi connectivity index (χ1n) is 7.60. The molecular weight excluding hydrogens is 302 g/mol. The number of amides is 1. The van der Waals surface area contributed by atoms with E-state index in [1.165, 1.54) is 6.26 Å². The Labute approximate surface area is 131 Å². The Morgan fingerprint density at radius 3 is 2.59 bits per heavy atom. The van der Waals surface area contributed by atoms with E-state index in [0.717, 1.165) is 18.4 Å². The van der Waals surface area contributed by atoms with Crippen LogP contribution >= 0.6 is 0 Å². The van der Waals surface area contributed by atoms with Gasteiger partial charge in [-0.05, 0) is 37.3 Å². The van der Waals surface area contributed by atoms with Gasteiger partial charge in [-0.25, -0.2) is 8.42 Å². The number of nitrogens with zero attached hydrogens (tertiary/aromatic N) is 2. The Kier molecular flexibility index (Phi) is 4.18. The lowest BCUT2D eigenvalue weighted by Crippen LogP contribution is -2.52. The average Bonchev–Trinajstić information content (AvgIpc) is 2.72. The van der Waals surface area contributed by atoms with Crippen molar-refractivity contribution in [2.45, 2.75) is 50.2 Å². The van der Waals surface area contributed by atoms with Crippen molar-refractivity contribution in [3.8, 4) is 0 Å². The molecule has 0 aromatic carbocycles. The first kappa shape index (κ1) is 15.4. The molecule has 2 aliphatic rings. The summed E-state index contributed by atoms with van der Waals surface area (Å²) >= 11 is 0. The quantitative estimate of drug-likeness (QED) is 0.884. The van der Waals surface area contributed by atoms with Gasteiger partial charge in [0.15, 0.2) is 0 Å². The number of carbonyl (C=O) groups excluding carboxylic acids is 1. The molecule has 2 atom stereocenters. The predicted molar refractivity (Wildman–Crippen MR) is 82.6 cm³/mol. The van der Waals surface area contributed by atoms with Gasteiger partial charge in [0.05, 0.1) is 12.7 Å². The molecule has 3 heterocycles. The van der Waals surface area contributed by atoms with Gasteiger partial charge in [-0.1, -0.05) is 6.07 Å². The molecule has 2 saturated heterocycles. The molecule has 120 valence electrons. The number of fused-ring (bicyclic) bond motifs is 2. The van der Waals surface area contributed by atoms with Crippen LogP contribution in [-0.4, -0.2) is 48.0 Å². The predicted octanol–water partition coefficient (Wildman–Crippen LogP) is 0.695. The number of sulfonamides is 1. The molecule has 3 rings (SSSR count). The first-order valence-corrected chi connectivity index (χ1v) is 9.45. The van der Waals surface area contributed by atoms with Gasteiger partial charge in [-0.3, -0.25) is 9.78 Å². The second-order valence-electron chi connectivity index (χ2n) is 6.25. The van der Waals surface area contributed by atoms with Crippen molar-refractivity contribution in [2.24, 2.45) is 0 Å². The fraction of sp³-hybridized carbons (Fsp3) is 0.600. The van der Waals surface area contributed by atoms with Gasteiger partial charge >= 0.3 is 0 Å². The van der Waals surface area contributed by atoms with E-state index < -0.39 is 10.0 Å². The Morgan fingerprint density at radius 2 is 2.05 bits per heavy atom. The van der Waals surface area contributed by atoms with Crippen LogP contribution in [0.25, 0.3) is 0 Å². The molecule has 1 amide bonds. The number of piperidine rings is 1. The van der Waals surface area contributed by atoms with Crippen molar-refractivity contribution >= 4 is 15.9 Å². The van der Waals surface area contributed by atoms with E-state index in [9.17, 15) is 13.2 Å². The molecule has 1 aromatic rings. The lowest BCUT2D eigenvalue weighted by atomic mass is 9.99. The Hall–Kier alpha value is -1.47. The van der Waals surface area contributed by atoms with E-state index >= 15 is 0 Å². The number of hydrogen-bond donors (Lipinski definition) is 1. The van der Waals surface area contributed by atoms with Crippen molar-refractivity contribution in [3.05, 3.63) is 30.1 Å². The average molecular weight is 323 g/mol. The smallest absolute Gasteiger partial charge is 0.224 e. The number of hydrogen-bond acceptors (Lipinski definition) is 4. The summed E-state index contributed by atoms with van der Waals surface area (Å²) in [7, 11) is -3.15. The van der Waals surface area contributed by atoms with Crippen LogP contribution in [0, 0.1) is 0 Å². The van der Waals surface area contributed by atoms with Gasteiger partial charge in [0, 0.05) is 30.5 Å². The van der Waals surface area contributed by atoms with Gasteiger partial charge in [0.2, 0.25) is 15.9 Å².